The van der Waals surface area contributed by atoms with Crippen LogP contribution >= 0.6 is 0 Å². The third kappa shape index (κ3) is 2.90. The maximum atomic E-state index is 13.0. The molecular formula is C9H12FNO3S. The van der Waals surface area contributed by atoms with Crippen LogP contribution in [0.25, 0.3) is 0 Å². The van der Waals surface area contributed by atoms with E-state index in [2.05, 4.69) is 0 Å². The molecule has 0 aromatic heterocycles. The highest BCUT2D eigenvalue weighted by Gasteiger charge is 2.15. The van der Waals surface area contributed by atoms with Crippen LogP contribution in [-0.2, 0) is 9.84 Å². The fraction of sp³-hybridized carbons (Fsp3) is 0.333. The first-order chi connectivity index (χ1) is 6.97. The van der Waals surface area contributed by atoms with E-state index < -0.39 is 15.7 Å². The first kappa shape index (κ1) is 11.9. The average Bonchev–Trinajstić information content (AvgIpc) is 2.19. The molecule has 6 heteroatoms. The van der Waals surface area contributed by atoms with Gasteiger partial charge in [0.15, 0.2) is 9.84 Å². The van der Waals surface area contributed by atoms with Crippen molar-refractivity contribution < 1.29 is 17.9 Å². The van der Waals surface area contributed by atoms with E-state index in [-0.39, 0.29) is 29.4 Å². The summed E-state index contributed by atoms with van der Waals surface area (Å²) in [6, 6.07) is 3.36. The van der Waals surface area contributed by atoms with E-state index in [1.165, 1.54) is 12.1 Å². The fourth-order valence-corrected chi connectivity index (χ4v) is 2.38. The summed E-state index contributed by atoms with van der Waals surface area (Å²) in [5.74, 6) is -0.951. The molecule has 0 spiro atoms. The second-order valence-electron chi connectivity index (χ2n) is 3.08. The van der Waals surface area contributed by atoms with Crippen LogP contribution in [0.5, 0.6) is 0 Å². The van der Waals surface area contributed by atoms with Crippen LogP contribution < -0.4 is 5.73 Å². The molecule has 15 heavy (non-hydrogen) atoms. The Labute approximate surface area is 87.5 Å². The summed E-state index contributed by atoms with van der Waals surface area (Å²) in [7, 11) is -3.52. The van der Waals surface area contributed by atoms with Crippen LogP contribution in [0, 0.1) is 5.82 Å². The summed E-state index contributed by atoms with van der Waals surface area (Å²) in [6.45, 7) is -0.212. The summed E-state index contributed by atoms with van der Waals surface area (Å²) in [6.07, 6.45) is 0.133. The first-order valence-corrected chi connectivity index (χ1v) is 6.01. The molecule has 0 unspecified atom stereocenters. The Hall–Kier alpha value is -1.14. The van der Waals surface area contributed by atoms with Crippen LogP contribution in [0.3, 0.4) is 0 Å². The van der Waals surface area contributed by atoms with Gasteiger partial charge in [-0.05, 0) is 24.6 Å². The molecule has 0 amide bonds. The monoisotopic (exact) mass is 233 g/mol. The summed E-state index contributed by atoms with van der Waals surface area (Å²) < 4.78 is 36.1. The van der Waals surface area contributed by atoms with Gasteiger partial charge in [0.1, 0.15) is 5.82 Å². The number of nitrogen functional groups attached to an aromatic ring is 1. The molecule has 4 nitrogen and oxygen atoms in total. The number of anilines is 1. The normalized spacial score (nSPS) is 11.6. The van der Waals surface area contributed by atoms with Crippen molar-refractivity contribution in [3.63, 3.8) is 0 Å². The zero-order valence-electron chi connectivity index (χ0n) is 7.98. The van der Waals surface area contributed by atoms with Crippen LogP contribution in [0.4, 0.5) is 10.1 Å². The molecule has 0 saturated heterocycles. The molecule has 0 heterocycles. The lowest BCUT2D eigenvalue weighted by atomic mass is 10.3. The van der Waals surface area contributed by atoms with Crippen molar-refractivity contribution in [2.45, 2.75) is 11.3 Å². The second-order valence-corrected chi connectivity index (χ2v) is 5.19. The Balaban J connectivity index is 3.00. The van der Waals surface area contributed by atoms with Gasteiger partial charge in [-0.2, -0.15) is 0 Å². The summed E-state index contributed by atoms with van der Waals surface area (Å²) in [5.41, 5.74) is 5.14. The smallest absolute Gasteiger partial charge is 0.178 e. The molecule has 1 aromatic carbocycles. The lowest BCUT2D eigenvalue weighted by molar-refractivity contribution is 0.295. The van der Waals surface area contributed by atoms with Gasteiger partial charge >= 0.3 is 0 Å². The number of sulfone groups is 1. The van der Waals surface area contributed by atoms with Gasteiger partial charge in [-0.25, -0.2) is 12.8 Å². The van der Waals surface area contributed by atoms with Gasteiger partial charge < -0.3 is 10.8 Å². The van der Waals surface area contributed by atoms with Crippen molar-refractivity contribution in [1.82, 2.24) is 0 Å². The lowest BCUT2D eigenvalue weighted by Gasteiger charge is -2.04. The zero-order chi connectivity index (χ0) is 11.5. The zero-order valence-corrected chi connectivity index (χ0v) is 8.80. The van der Waals surface area contributed by atoms with Crippen molar-refractivity contribution in [1.29, 1.82) is 0 Å². The maximum Gasteiger partial charge on any atom is 0.178 e. The van der Waals surface area contributed by atoms with Crippen LogP contribution in [0.2, 0.25) is 0 Å². The molecule has 0 radical (unpaired) electrons. The topological polar surface area (TPSA) is 80.4 Å². The molecule has 0 aliphatic carbocycles. The number of hydrogen-bond donors (Lipinski definition) is 2. The first-order valence-electron chi connectivity index (χ1n) is 4.36. The molecule has 0 bridgehead atoms. The van der Waals surface area contributed by atoms with Crippen LogP contribution in [-0.4, -0.2) is 25.9 Å². The third-order valence-electron chi connectivity index (χ3n) is 1.90. The molecule has 0 fully saturated rings. The molecule has 0 aliphatic heterocycles. The Kier molecular flexibility index (Phi) is 3.65. The van der Waals surface area contributed by atoms with Crippen molar-refractivity contribution in [2.24, 2.45) is 0 Å². The molecule has 0 atom stereocenters. The highest BCUT2D eigenvalue weighted by atomic mass is 32.2. The van der Waals surface area contributed by atoms with E-state index in [1.807, 2.05) is 0 Å². The van der Waals surface area contributed by atoms with Gasteiger partial charge in [0.05, 0.1) is 16.3 Å². The van der Waals surface area contributed by atoms with E-state index in [1.54, 1.807) is 0 Å². The van der Waals surface area contributed by atoms with Gasteiger partial charge in [-0.15, -0.1) is 0 Å². The van der Waals surface area contributed by atoms with E-state index in [0.717, 1.165) is 6.07 Å². The van der Waals surface area contributed by atoms with Crippen molar-refractivity contribution in [2.75, 3.05) is 18.1 Å². The summed E-state index contributed by atoms with van der Waals surface area (Å²) >= 11 is 0. The Bertz CT molecular complexity index is 445. The van der Waals surface area contributed by atoms with E-state index in [9.17, 15) is 12.8 Å². The van der Waals surface area contributed by atoms with Crippen molar-refractivity contribution in [3.05, 3.63) is 24.0 Å². The van der Waals surface area contributed by atoms with E-state index in [0.29, 0.717) is 0 Å². The average molecular weight is 233 g/mol. The van der Waals surface area contributed by atoms with E-state index >= 15 is 0 Å². The van der Waals surface area contributed by atoms with Gasteiger partial charge in [0.25, 0.3) is 0 Å². The van der Waals surface area contributed by atoms with E-state index in [4.69, 9.17) is 10.8 Å². The highest BCUT2D eigenvalue weighted by molar-refractivity contribution is 7.91. The molecule has 1 rings (SSSR count). The minimum Gasteiger partial charge on any atom is -0.396 e. The number of benzene rings is 1. The SMILES string of the molecule is Nc1ccc(S(=O)(=O)CCCO)cc1F. The summed E-state index contributed by atoms with van der Waals surface area (Å²) in [4.78, 5) is -0.109. The Morgan fingerprint density at radius 1 is 1.40 bits per heavy atom. The third-order valence-corrected chi connectivity index (χ3v) is 3.70. The quantitative estimate of drug-likeness (QED) is 0.745. The Morgan fingerprint density at radius 2 is 2.07 bits per heavy atom. The standard InChI is InChI=1S/C9H12FNO3S/c10-8-6-7(2-3-9(8)11)15(13,14)5-1-4-12/h2-3,6,12H,1,4-5,11H2. The molecule has 84 valence electrons. The fourth-order valence-electron chi connectivity index (χ4n) is 1.07. The predicted octanol–water partition coefficient (Wildman–Crippen LogP) is 0.564. The van der Waals surface area contributed by atoms with Crippen molar-refractivity contribution in [3.8, 4) is 0 Å². The number of aliphatic hydroxyl groups is 1. The second kappa shape index (κ2) is 4.59. The minimum absolute atomic E-state index is 0.0869. The van der Waals surface area contributed by atoms with Gasteiger partial charge in [-0.3, -0.25) is 0 Å². The van der Waals surface area contributed by atoms with Crippen LogP contribution in [0.15, 0.2) is 23.1 Å². The van der Waals surface area contributed by atoms with Crippen molar-refractivity contribution >= 4 is 15.5 Å². The maximum absolute atomic E-state index is 13.0. The largest absolute Gasteiger partial charge is 0.396 e. The number of halogens is 1. The van der Waals surface area contributed by atoms with Crippen LogP contribution in [0.1, 0.15) is 6.42 Å². The molecule has 1 aromatic rings. The van der Waals surface area contributed by atoms with Gasteiger partial charge in [0.2, 0.25) is 0 Å². The number of nitrogens with two attached hydrogens (primary N) is 1. The number of hydrogen-bond acceptors (Lipinski definition) is 4. The Morgan fingerprint density at radius 3 is 2.60 bits per heavy atom. The predicted molar refractivity (Wildman–Crippen MR) is 54.6 cm³/mol. The number of rotatable bonds is 4. The highest BCUT2D eigenvalue weighted by Crippen LogP contribution is 2.17. The lowest BCUT2D eigenvalue weighted by Crippen LogP contribution is -2.09. The summed E-state index contributed by atoms with van der Waals surface area (Å²) in [5, 5.41) is 8.52. The molecule has 3 N–H and O–H groups in total. The minimum atomic E-state index is -3.52. The molecular weight excluding hydrogens is 221 g/mol. The van der Waals surface area contributed by atoms with Gasteiger partial charge in [-0.1, -0.05) is 0 Å². The molecule has 0 aliphatic rings. The van der Waals surface area contributed by atoms with Gasteiger partial charge in [0, 0.05) is 6.61 Å². The number of aliphatic hydroxyl groups excluding tert-OH is 1. The molecule has 0 saturated carbocycles.